The Kier molecular flexibility index (Phi) is 4.97. The first-order valence-electron chi connectivity index (χ1n) is 9.14. The number of anilines is 1. The van der Waals surface area contributed by atoms with Gasteiger partial charge in [0.05, 0.1) is 18.4 Å². The van der Waals surface area contributed by atoms with Crippen molar-refractivity contribution in [2.45, 2.75) is 12.5 Å². The first-order valence-corrected chi connectivity index (χ1v) is 9.14. The van der Waals surface area contributed by atoms with Crippen molar-refractivity contribution in [1.82, 2.24) is 15.5 Å². The van der Waals surface area contributed by atoms with Crippen molar-refractivity contribution >= 4 is 11.7 Å². The molecule has 2 N–H and O–H groups in total. The number of methoxy groups -OCH3 is 1. The monoisotopic (exact) mass is 380 g/mol. The quantitative estimate of drug-likeness (QED) is 0.713. The van der Waals surface area contributed by atoms with Crippen LogP contribution in [0, 0.1) is 5.82 Å². The Morgan fingerprint density at radius 2 is 2.04 bits per heavy atom. The van der Waals surface area contributed by atoms with Gasteiger partial charge in [-0.2, -0.15) is 5.10 Å². The van der Waals surface area contributed by atoms with Crippen LogP contribution in [0.4, 0.5) is 10.2 Å². The number of aromatic amines is 1. The topological polar surface area (TPSA) is 70.2 Å². The summed E-state index contributed by atoms with van der Waals surface area (Å²) in [6.45, 7) is 1.40. The summed E-state index contributed by atoms with van der Waals surface area (Å²) in [4.78, 5) is 14.4. The Hall–Kier alpha value is -3.35. The fourth-order valence-electron chi connectivity index (χ4n) is 3.39. The van der Waals surface area contributed by atoms with Crippen LogP contribution in [0.5, 0.6) is 5.75 Å². The molecule has 144 valence electrons. The van der Waals surface area contributed by atoms with E-state index in [1.807, 2.05) is 30.3 Å². The van der Waals surface area contributed by atoms with E-state index in [0.717, 1.165) is 35.8 Å². The van der Waals surface area contributed by atoms with Gasteiger partial charge in [0, 0.05) is 25.2 Å². The predicted octanol–water partition coefficient (Wildman–Crippen LogP) is 3.23. The smallest absolute Gasteiger partial charge is 0.254 e. The SMILES string of the molecule is COc1ccc(-c2cc(N3CC[C@@H](NC(=O)c4ccccc4F)C3)n[nH]2)cc1. The number of hydrogen-bond donors (Lipinski definition) is 2. The third-order valence-corrected chi connectivity index (χ3v) is 4.93. The average molecular weight is 380 g/mol. The molecule has 1 fully saturated rings. The summed E-state index contributed by atoms with van der Waals surface area (Å²) in [7, 11) is 1.64. The van der Waals surface area contributed by atoms with Crippen molar-refractivity contribution < 1.29 is 13.9 Å². The van der Waals surface area contributed by atoms with Gasteiger partial charge in [-0.15, -0.1) is 0 Å². The summed E-state index contributed by atoms with van der Waals surface area (Å²) in [5, 5.41) is 10.4. The lowest BCUT2D eigenvalue weighted by atomic mass is 10.1. The van der Waals surface area contributed by atoms with Crippen molar-refractivity contribution in [3.8, 4) is 17.0 Å². The third-order valence-electron chi connectivity index (χ3n) is 4.93. The molecular weight excluding hydrogens is 359 g/mol. The van der Waals surface area contributed by atoms with Gasteiger partial charge < -0.3 is 15.0 Å². The highest BCUT2D eigenvalue weighted by molar-refractivity contribution is 5.94. The van der Waals surface area contributed by atoms with E-state index < -0.39 is 5.82 Å². The number of rotatable bonds is 5. The third kappa shape index (κ3) is 3.69. The molecule has 7 heteroatoms. The maximum Gasteiger partial charge on any atom is 0.254 e. The van der Waals surface area contributed by atoms with Crippen LogP contribution < -0.4 is 15.0 Å². The van der Waals surface area contributed by atoms with E-state index in [2.05, 4.69) is 20.4 Å². The van der Waals surface area contributed by atoms with Crippen molar-refractivity contribution in [2.75, 3.05) is 25.1 Å². The lowest BCUT2D eigenvalue weighted by molar-refractivity contribution is 0.0936. The first-order chi connectivity index (χ1) is 13.6. The van der Waals surface area contributed by atoms with Crippen molar-refractivity contribution in [3.05, 3.63) is 66.0 Å². The summed E-state index contributed by atoms with van der Waals surface area (Å²) < 4.78 is 19.0. The minimum atomic E-state index is -0.508. The molecule has 1 aliphatic rings. The molecule has 0 spiro atoms. The van der Waals surface area contributed by atoms with Crippen molar-refractivity contribution in [3.63, 3.8) is 0 Å². The van der Waals surface area contributed by atoms with E-state index in [0.29, 0.717) is 6.54 Å². The number of carbonyl (C=O) groups excluding carboxylic acids is 1. The van der Waals surface area contributed by atoms with Gasteiger partial charge in [0.25, 0.3) is 5.91 Å². The highest BCUT2D eigenvalue weighted by atomic mass is 19.1. The number of ether oxygens (including phenoxy) is 1. The van der Waals surface area contributed by atoms with Crippen LogP contribution in [0.15, 0.2) is 54.6 Å². The molecule has 6 nitrogen and oxygen atoms in total. The molecule has 4 rings (SSSR count). The lowest BCUT2D eigenvalue weighted by Crippen LogP contribution is -2.37. The number of carbonyl (C=O) groups is 1. The standard InChI is InChI=1S/C21H21FN4O2/c1-28-16-8-6-14(7-9-16)19-12-20(25-24-19)26-11-10-15(13-26)23-21(27)17-4-2-3-5-18(17)22/h2-9,12,15H,10-11,13H2,1H3,(H,23,27)(H,24,25)/t15-/m1/s1. The van der Waals surface area contributed by atoms with E-state index in [1.54, 1.807) is 19.2 Å². The van der Waals surface area contributed by atoms with E-state index >= 15 is 0 Å². The van der Waals surface area contributed by atoms with Gasteiger partial charge in [-0.3, -0.25) is 9.89 Å². The lowest BCUT2D eigenvalue weighted by Gasteiger charge is -2.16. The first kappa shape index (κ1) is 18.0. The molecule has 0 unspecified atom stereocenters. The van der Waals surface area contributed by atoms with Crippen LogP contribution in [0.2, 0.25) is 0 Å². The highest BCUT2D eigenvalue weighted by Crippen LogP contribution is 2.26. The maximum atomic E-state index is 13.8. The number of nitrogens with one attached hydrogen (secondary N) is 2. The Labute approximate surface area is 162 Å². The van der Waals surface area contributed by atoms with E-state index in [4.69, 9.17) is 4.74 Å². The molecule has 0 saturated carbocycles. The van der Waals surface area contributed by atoms with Crippen LogP contribution in [0.1, 0.15) is 16.8 Å². The van der Waals surface area contributed by atoms with Crippen LogP contribution in [-0.2, 0) is 0 Å². The minimum absolute atomic E-state index is 0.0479. The zero-order valence-electron chi connectivity index (χ0n) is 15.5. The van der Waals surface area contributed by atoms with Crippen LogP contribution >= 0.6 is 0 Å². The molecule has 1 aliphatic heterocycles. The molecule has 2 aromatic carbocycles. The average Bonchev–Trinajstić information content (AvgIpc) is 3.38. The van der Waals surface area contributed by atoms with Gasteiger partial charge in [-0.1, -0.05) is 12.1 Å². The normalized spacial score (nSPS) is 16.2. The molecule has 0 bridgehead atoms. The van der Waals surface area contributed by atoms with E-state index in [9.17, 15) is 9.18 Å². The summed E-state index contributed by atoms with van der Waals surface area (Å²) in [5.41, 5.74) is 2.00. The highest BCUT2D eigenvalue weighted by Gasteiger charge is 2.26. The summed E-state index contributed by atoms with van der Waals surface area (Å²) >= 11 is 0. The van der Waals surface area contributed by atoms with Crippen LogP contribution in [-0.4, -0.2) is 42.3 Å². The maximum absolute atomic E-state index is 13.8. The number of halogens is 1. The second-order valence-corrected chi connectivity index (χ2v) is 6.75. The van der Waals surface area contributed by atoms with Gasteiger partial charge >= 0.3 is 0 Å². The number of benzene rings is 2. The zero-order valence-corrected chi connectivity index (χ0v) is 15.5. The zero-order chi connectivity index (χ0) is 19.5. The Balaban J connectivity index is 1.40. The molecule has 28 heavy (non-hydrogen) atoms. The minimum Gasteiger partial charge on any atom is -0.497 e. The van der Waals surface area contributed by atoms with Crippen LogP contribution in [0.3, 0.4) is 0 Å². The molecule has 3 aromatic rings. The molecule has 0 aliphatic carbocycles. The predicted molar refractivity (Wildman–Crippen MR) is 105 cm³/mol. The second kappa shape index (κ2) is 7.72. The van der Waals surface area contributed by atoms with Gasteiger partial charge in [-0.05, 0) is 48.4 Å². The summed E-state index contributed by atoms with van der Waals surface area (Å²) in [6.07, 6.45) is 0.783. The Morgan fingerprint density at radius 1 is 1.25 bits per heavy atom. The summed E-state index contributed by atoms with van der Waals surface area (Å²) in [5.74, 6) is 0.738. The molecule has 1 aromatic heterocycles. The summed E-state index contributed by atoms with van der Waals surface area (Å²) in [6, 6.07) is 15.7. The van der Waals surface area contributed by atoms with Gasteiger partial charge in [0.1, 0.15) is 11.6 Å². The van der Waals surface area contributed by atoms with Gasteiger partial charge in [0.15, 0.2) is 5.82 Å². The van der Waals surface area contributed by atoms with Gasteiger partial charge in [0.2, 0.25) is 0 Å². The van der Waals surface area contributed by atoms with Crippen molar-refractivity contribution in [2.24, 2.45) is 0 Å². The fraction of sp³-hybridized carbons (Fsp3) is 0.238. The number of nitrogens with zero attached hydrogens (tertiary/aromatic N) is 2. The Morgan fingerprint density at radius 3 is 2.79 bits per heavy atom. The molecule has 1 saturated heterocycles. The molecular formula is C21H21FN4O2. The fourth-order valence-corrected chi connectivity index (χ4v) is 3.39. The van der Waals surface area contributed by atoms with E-state index in [-0.39, 0.29) is 17.5 Å². The number of aromatic nitrogens is 2. The Bertz CT molecular complexity index is 971. The molecule has 2 heterocycles. The number of hydrogen-bond acceptors (Lipinski definition) is 4. The second-order valence-electron chi connectivity index (χ2n) is 6.75. The molecule has 1 atom stereocenters. The van der Waals surface area contributed by atoms with Gasteiger partial charge in [-0.25, -0.2) is 4.39 Å². The molecule has 1 amide bonds. The number of amides is 1. The van der Waals surface area contributed by atoms with Crippen LogP contribution in [0.25, 0.3) is 11.3 Å². The van der Waals surface area contributed by atoms with Crippen molar-refractivity contribution in [1.29, 1.82) is 0 Å². The molecule has 0 radical (unpaired) electrons. The number of H-pyrrole nitrogens is 1. The van der Waals surface area contributed by atoms with E-state index in [1.165, 1.54) is 12.1 Å². The largest absolute Gasteiger partial charge is 0.497 e.